The fourth-order valence-corrected chi connectivity index (χ4v) is 1.30. The van der Waals surface area contributed by atoms with Gasteiger partial charge in [0, 0.05) is 6.20 Å². The van der Waals surface area contributed by atoms with Crippen LogP contribution in [0.2, 0.25) is 0 Å². The van der Waals surface area contributed by atoms with Crippen molar-refractivity contribution in [2.45, 2.75) is 6.54 Å². The predicted octanol–water partition coefficient (Wildman–Crippen LogP) is 1.74. The fourth-order valence-electron chi connectivity index (χ4n) is 1.30. The van der Waals surface area contributed by atoms with E-state index in [1.807, 2.05) is 12.1 Å². The third-order valence-electron chi connectivity index (χ3n) is 2.12. The van der Waals surface area contributed by atoms with Crippen LogP contribution in [0, 0.1) is 11.3 Å². The van der Waals surface area contributed by atoms with Gasteiger partial charge in [-0.15, -0.1) is 0 Å². The van der Waals surface area contributed by atoms with Crippen molar-refractivity contribution in [2.24, 2.45) is 0 Å². The van der Waals surface area contributed by atoms with Crippen LogP contribution in [0.25, 0.3) is 0 Å². The number of furan rings is 1. The first-order chi connectivity index (χ1) is 7.81. The first-order valence-corrected chi connectivity index (χ1v) is 4.72. The normalized spacial score (nSPS) is 9.69. The molecule has 2 aromatic rings. The SMILES string of the molecule is N#Cc1ccnc(NCc2ccco2)c1N. The third kappa shape index (κ3) is 1.96. The molecule has 3 N–H and O–H groups in total. The van der Waals surface area contributed by atoms with Crippen molar-refractivity contribution in [3.8, 4) is 6.07 Å². The molecule has 16 heavy (non-hydrogen) atoms. The molecule has 5 heteroatoms. The summed E-state index contributed by atoms with van der Waals surface area (Å²) in [5.41, 5.74) is 6.53. The molecule has 0 aliphatic rings. The Morgan fingerprint density at radius 1 is 1.50 bits per heavy atom. The molecule has 80 valence electrons. The van der Waals surface area contributed by atoms with Crippen molar-refractivity contribution >= 4 is 11.5 Å². The lowest BCUT2D eigenvalue weighted by atomic mass is 10.2. The molecule has 0 aromatic carbocycles. The minimum atomic E-state index is 0.358. The number of nitrogens with zero attached hydrogens (tertiary/aromatic N) is 2. The molecule has 0 saturated heterocycles. The van der Waals surface area contributed by atoms with Crippen LogP contribution in [-0.4, -0.2) is 4.98 Å². The highest BCUT2D eigenvalue weighted by atomic mass is 16.3. The summed E-state index contributed by atoms with van der Waals surface area (Å²) >= 11 is 0. The Kier molecular flexibility index (Phi) is 2.74. The highest BCUT2D eigenvalue weighted by molar-refractivity contribution is 5.68. The van der Waals surface area contributed by atoms with E-state index in [0.29, 0.717) is 23.6 Å². The topological polar surface area (TPSA) is 87.9 Å². The fraction of sp³-hybridized carbons (Fsp3) is 0.0909. The number of nitriles is 1. The van der Waals surface area contributed by atoms with E-state index in [4.69, 9.17) is 15.4 Å². The molecule has 2 aromatic heterocycles. The molecule has 0 unspecified atom stereocenters. The van der Waals surface area contributed by atoms with Crippen molar-refractivity contribution in [3.05, 3.63) is 42.0 Å². The van der Waals surface area contributed by atoms with Gasteiger partial charge in [0.25, 0.3) is 0 Å². The Morgan fingerprint density at radius 3 is 3.06 bits per heavy atom. The molecule has 0 aliphatic heterocycles. The van der Waals surface area contributed by atoms with Crippen LogP contribution in [0.4, 0.5) is 11.5 Å². The zero-order chi connectivity index (χ0) is 11.4. The Labute approximate surface area is 92.5 Å². The Morgan fingerprint density at radius 2 is 2.38 bits per heavy atom. The molecule has 2 rings (SSSR count). The third-order valence-corrected chi connectivity index (χ3v) is 2.12. The summed E-state index contributed by atoms with van der Waals surface area (Å²) in [6.07, 6.45) is 3.14. The van der Waals surface area contributed by atoms with Crippen LogP contribution >= 0.6 is 0 Å². The lowest BCUT2D eigenvalue weighted by Gasteiger charge is -2.07. The van der Waals surface area contributed by atoms with Gasteiger partial charge in [-0.2, -0.15) is 5.26 Å². The van der Waals surface area contributed by atoms with Crippen LogP contribution in [-0.2, 0) is 6.54 Å². The minimum Gasteiger partial charge on any atom is -0.467 e. The van der Waals surface area contributed by atoms with Crippen LogP contribution in [0.3, 0.4) is 0 Å². The van der Waals surface area contributed by atoms with Gasteiger partial charge in [0.2, 0.25) is 0 Å². The molecule has 0 aliphatic carbocycles. The minimum absolute atomic E-state index is 0.358. The zero-order valence-corrected chi connectivity index (χ0v) is 8.47. The zero-order valence-electron chi connectivity index (χ0n) is 8.47. The summed E-state index contributed by atoms with van der Waals surface area (Å²) < 4.78 is 5.16. The summed E-state index contributed by atoms with van der Waals surface area (Å²) in [5.74, 6) is 1.28. The van der Waals surface area contributed by atoms with E-state index in [-0.39, 0.29) is 0 Å². The number of nitrogen functional groups attached to an aromatic ring is 1. The molecule has 0 saturated carbocycles. The van der Waals surface area contributed by atoms with Gasteiger partial charge < -0.3 is 15.5 Å². The van der Waals surface area contributed by atoms with E-state index in [1.165, 1.54) is 0 Å². The second-order valence-electron chi connectivity index (χ2n) is 3.17. The summed E-state index contributed by atoms with van der Waals surface area (Å²) in [6.45, 7) is 0.485. The average molecular weight is 214 g/mol. The largest absolute Gasteiger partial charge is 0.467 e. The van der Waals surface area contributed by atoms with Crippen LogP contribution in [0.1, 0.15) is 11.3 Å². The molecule has 0 bridgehead atoms. The maximum absolute atomic E-state index is 8.79. The number of rotatable bonds is 3. The molecular weight excluding hydrogens is 204 g/mol. The van der Waals surface area contributed by atoms with Gasteiger partial charge in [0.05, 0.1) is 24.1 Å². The Balaban J connectivity index is 2.13. The monoisotopic (exact) mass is 214 g/mol. The number of pyridine rings is 1. The number of hydrogen-bond acceptors (Lipinski definition) is 5. The molecule has 0 spiro atoms. The average Bonchev–Trinajstić information content (AvgIpc) is 2.81. The highest BCUT2D eigenvalue weighted by Crippen LogP contribution is 2.19. The molecular formula is C11H10N4O. The summed E-state index contributed by atoms with van der Waals surface area (Å²) in [4.78, 5) is 4.06. The van der Waals surface area contributed by atoms with Gasteiger partial charge >= 0.3 is 0 Å². The van der Waals surface area contributed by atoms with Gasteiger partial charge in [0.1, 0.15) is 11.8 Å². The smallest absolute Gasteiger partial charge is 0.150 e. The van der Waals surface area contributed by atoms with E-state index >= 15 is 0 Å². The number of nitrogens with one attached hydrogen (secondary N) is 1. The lowest BCUT2D eigenvalue weighted by molar-refractivity contribution is 0.518. The number of hydrogen-bond donors (Lipinski definition) is 2. The van der Waals surface area contributed by atoms with E-state index in [0.717, 1.165) is 5.76 Å². The molecule has 0 fully saturated rings. The highest BCUT2D eigenvalue weighted by Gasteiger charge is 2.05. The summed E-state index contributed by atoms with van der Waals surface area (Å²) in [5, 5.41) is 11.8. The maximum Gasteiger partial charge on any atom is 0.150 e. The van der Waals surface area contributed by atoms with Gasteiger partial charge in [0.15, 0.2) is 5.82 Å². The van der Waals surface area contributed by atoms with E-state index < -0.39 is 0 Å². The maximum atomic E-state index is 8.79. The Bertz CT molecular complexity index is 513. The molecule has 0 atom stereocenters. The van der Waals surface area contributed by atoms with Gasteiger partial charge in [-0.3, -0.25) is 0 Å². The van der Waals surface area contributed by atoms with Crippen LogP contribution in [0.5, 0.6) is 0 Å². The van der Waals surface area contributed by atoms with Crippen LogP contribution in [0.15, 0.2) is 35.1 Å². The van der Waals surface area contributed by atoms with Gasteiger partial charge in [-0.05, 0) is 18.2 Å². The standard InChI is InChI=1S/C11H10N4O/c12-6-8-3-4-14-11(10(8)13)15-7-9-2-1-5-16-9/h1-5H,7,13H2,(H,14,15). The molecule has 5 nitrogen and oxygen atoms in total. The number of aromatic nitrogens is 1. The number of nitrogens with two attached hydrogens (primary N) is 1. The van der Waals surface area contributed by atoms with Gasteiger partial charge in [-0.25, -0.2) is 4.98 Å². The second-order valence-corrected chi connectivity index (χ2v) is 3.17. The van der Waals surface area contributed by atoms with Gasteiger partial charge in [-0.1, -0.05) is 0 Å². The summed E-state index contributed by atoms with van der Waals surface area (Å²) in [6, 6.07) is 7.23. The first-order valence-electron chi connectivity index (χ1n) is 4.72. The molecule has 0 radical (unpaired) electrons. The van der Waals surface area contributed by atoms with Crippen molar-refractivity contribution in [2.75, 3.05) is 11.1 Å². The second kappa shape index (κ2) is 4.36. The molecule has 0 amide bonds. The van der Waals surface area contributed by atoms with E-state index in [1.54, 1.807) is 24.6 Å². The Hall–Kier alpha value is -2.48. The lowest BCUT2D eigenvalue weighted by Crippen LogP contribution is -2.05. The molecule has 2 heterocycles. The van der Waals surface area contributed by atoms with Crippen molar-refractivity contribution in [1.29, 1.82) is 5.26 Å². The first kappa shape index (κ1) is 10.1. The van der Waals surface area contributed by atoms with Crippen molar-refractivity contribution in [3.63, 3.8) is 0 Å². The van der Waals surface area contributed by atoms with Crippen molar-refractivity contribution in [1.82, 2.24) is 4.98 Å². The van der Waals surface area contributed by atoms with Crippen LogP contribution < -0.4 is 11.1 Å². The van der Waals surface area contributed by atoms with E-state index in [2.05, 4.69) is 10.3 Å². The van der Waals surface area contributed by atoms with E-state index in [9.17, 15) is 0 Å². The quantitative estimate of drug-likeness (QED) is 0.812. The van der Waals surface area contributed by atoms with Crippen molar-refractivity contribution < 1.29 is 4.42 Å². The number of anilines is 2. The summed E-state index contributed by atoms with van der Waals surface area (Å²) in [7, 11) is 0. The predicted molar refractivity (Wildman–Crippen MR) is 59.4 cm³/mol.